The zero-order chi connectivity index (χ0) is 31.3. The van der Waals surface area contributed by atoms with E-state index in [0.29, 0.717) is 11.2 Å². The van der Waals surface area contributed by atoms with Crippen molar-refractivity contribution in [3.8, 4) is 0 Å². The van der Waals surface area contributed by atoms with Crippen LogP contribution in [0.4, 0.5) is 16.3 Å². The van der Waals surface area contributed by atoms with E-state index in [-0.39, 0.29) is 29.5 Å². The third-order valence-electron chi connectivity index (χ3n) is 6.83. The summed E-state index contributed by atoms with van der Waals surface area (Å²) in [5.74, 6) is -0.181. The van der Waals surface area contributed by atoms with Crippen molar-refractivity contribution in [2.45, 2.75) is 49.3 Å². The Morgan fingerprint density at radius 2 is 2.09 bits per heavy atom. The smallest absolute Gasteiger partial charge is 0.394 e. The molecule has 0 bridgehead atoms. The van der Waals surface area contributed by atoms with E-state index in [0.717, 1.165) is 4.68 Å². The molecule has 2 fully saturated rings. The summed E-state index contributed by atoms with van der Waals surface area (Å²) in [4.78, 5) is 37.4. The molecule has 0 aromatic carbocycles. The van der Waals surface area contributed by atoms with E-state index in [1.807, 2.05) is 0 Å². The molecule has 20 nitrogen and oxygen atoms in total. The van der Waals surface area contributed by atoms with Gasteiger partial charge in [-0.15, -0.1) is 9.62 Å². The average molecular weight is 695 g/mol. The summed E-state index contributed by atoms with van der Waals surface area (Å²) in [5.41, 5.74) is 11.3. The number of hydrogen-bond acceptors (Lipinski definition) is 17. The number of hydrogen-bond donors (Lipinski definition) is 6. The SMILES string of the molecule is Nc1nc2c(nnn2[C@@H]2O[C@H](CO)[C@H](F)[C@H]2OP(O)(=S)OC[C@H]2O[C@@H](c3cnn4c(N)ncnc34)C[C@@H]2O[P+](=O)S)c(=O)[nH]1. The van der Waals surface area contributed by atoms with Crippen molar-refractivity contribution in [3.05, 3.63) is 28.4 Å². The first-order valence-corrected chi connectivity index (χ1v) is 17.5. The zero-order valence-corrected chi connectivity index (χ0v) is 25.4. The van der Waals surface area contributed by atoms with Crippen molar-refractivity contribution in [2.75, 3.05) is 24.7 Å². The molecule has 4 aromatic rings. The second-order valence-corrected chi connectivity index (χ2v) is 14.0. The average Bonchev–Trinajstić information content (AvgIpc) is 3.73. The van der Waals surface area contributed by atoms with Crippen molar-refractivity contribution in [1.82, 2.24) is 44.5 Å². The Balaban J connectivity index is 1.20. The molecule has 0 saturated carbocycles. The number of thiol groups is 1. The maximum Gasteiger partial charge on any atom is 0.582 e. The van der Waals surface area contributed by atoms with Crippen LogP contribution in [0.3, 0.4) is 0 Å². The van der Waals surface area contributed by atoms with Gasteiger partial charge >= 0.3 is 13.9 Å². The van der Waals surface area contributed by atoms with Gasteiger partial charge in [0, 0.05) is 12.0 Å². The number of aromatic nitrogens is 9. The third kappa shape index (κ3) is 5.93. The number of aromatic amines is 1. The molecular formula is C19H23FN11O9P2S2+. The number of anilines is 2. The van der Waals surface area contributed by atoms with Crippen LogP contribution < -0.4 is 17.0 Å². The molecule has 9 atom stereocenters. The van der Waals surface area contributed by atoms with Gasteiger partial charge in [0.05, 0.1) is 25.5 Å². The zero-order valence-electron chi connectivity index (χ0n) is 21.9. The van der Waals surface area contributed by atoms with Gasteiger partial charge in [0.15, 0.2) is 29.2 Å². The molecule has 2 saturated heterocycles. The molecule has 6 rings (SSSR count). The van der Waals surface area contributed by atoms with Gasteiger partial charge in [-0.1, -0.05) is 5.21 Å². The molecule has 4 aromatic heterocycles. The topological polar surface area (TPSA) is 275 Å². The number of nitrogens with zero attached hydrogens (tertiary/aromatic N) is 8. The number of alkyl halides is 1. The Morgan fingerprint density at radius 1 is 1.30 bits per heavy atom. The van der Waals surface area contributed by atoms with Crippen LogP contribution in [0, 0.1) is 0 Å². The first-order chi connectivity index (χ1) is 21.0. The summed E-state index contributed by atoms with van der Waals surface area (Å²) in [7, 11) is -2.38. The monoisotopic (exact) mass is 694 g/mol. The van der Waals surface area contributed by atoms with Crippen LogP contribution in [0.5, 0.6) is 0 Å². The molecule has 7 N–H and O–H groups in total. The first-order valence-electron chi connectivity index (χ1n) is 12.5. The van der Waals surface area contributed by atoms with Gasteiger partial charge in [-0.2, -0.15) is 19.3 Å². The van der Waals surface area contributed by atoms with Crippen molar-refractivity contribution < 1.29 is 42.0 Å². The summed E-state index contributed by atoms with van der Waals surface area (Å²) in [6.07, 6.45) is -6.26. The fourth-order valence-electron chi connectivity index (χ4n) is 4.90. The normalized spacial score (nSPS) is 29.0. The maximum absolute atomic E-state index is 15.4. The molecule has 236 valence electrons. The van der Waals surface area contributed by atoms with Crippen molar-refractivity contribution in [2.24, 2.45) is 0 Å². The molecule has 6 heterocycles. The van der Waals surface area contributed by atoms with Crippen molar-refractivity contribution in [3.63, 3.8) is 0 Å². The van der Waals surface area contributed by atoms with Gasteiger partial charge < -0.3 is 35.5 Å². The number of halogens is 1. The molecule has 0 amide bonds. The van der Waals surface area contributed by atoms with Gasteiger partial charge in [0.25, 0.3) is 5.56 Å². The van der Waals surface area contributed by atoms with E-state index in [1.54, 1.807) is 0 Å². The van der Waals surface area contributed by atoms with Gasteiger partial charge in [-0.05, 0) is 16.4 Å². The number of nitrogens with one attached hydrogen (secondary N) is 1. The van der Waals surface area contributed by atoms with Crippen molar-refractivity contribution >= 4 is 66.7 Å². The summed E-state index contributed by atoms with van der Waals surface area (Å²) in [5, 5.41) is 21.3. The van der Waals surface area contributed by atoms with Crippen LogP contribution >= 0.6 is 26.2 Å². The van der Waals surface area contributed by atoms with Gasteiger partial charge in [0.1, 0.15) is 43.0 Å². The van der Waals surface area contributed by atoms with E-state index in [1.165, 1.54) is 17.0 Å². The van der Waals surface area contributed by atoms with E-state index in [2.05, 4.69) is 47.6 Å². The Morgan fingerprint density at radius 3 is 2.84 bits per heavy atom. The second-order valence-electron chi connectivity index (χ2n) is 9.53. The lowest BCUT2D eigenvalue weighted by molar-refractivity contribution is -0.0563. The third-order valence-corrected chi connectivity index (χ3v) is 9.12. The Kier molecular flexibility index (Phi) is 8.63. The number of fused-ring (bicyclic) bond motifs is 2. The highest BCUT2D eigenvalue weighted by Crippen LogP contribution is 2.51. The maximum atomic E-state index is 15.4. The van der Waals surface area contributed by atoms with Gasteiger partial charge in [0.2, 0.25) is 11.9 Å². The molecule has 44 heavy (non-hydrogen) atoms. The number of aliphatic hydroxyl groups excluding tert-OH is 1. The van der Waals surface area contributed by atoms with Crippen molar-refractivity contribution in [1.29, 1.82) is 0 Å². The minimum Gasteiger partial charge on any atom is -0.394 e. The van der Waals surface area contributed by atoms with Crippen LogP contribution in [0.2, 0.25) is 0 Å². The largest absolute Gasteiger partial charge is 0.582 e. The number of nitrogen functional groups attached to an aromatic ring is 2. The fourth-order valence-corrected chi connectivity index (χ4v) is 7.12. The predicted molar refractivity (Wildman–Crippen MR) is 152 cm³/mol. The molecule has 2 unspecified atom stereocenters. The van der Waals surface area contributed by atoms with Crippen LogP contribution in [-0.4, -0.2) is 98.3 Å². The molecule has 2 aliphatic rings. The summed E-state index contributed by atoms with van der Waals surface area (Å²) >= 11 is 8.99. The lowest BCUT2D eigenvalue weighted by Crippen LogP contribution is -2.33. The summed E-state index contributed by atoms with van der Waals surface area (Å²) < 4.78 is 57.6. The quantitative estimate of drug-likeness (QED) is 0.0898. The molecule has 0 radical (unpaired) electrons. The van der Waals surface area contributed by atoms with E-state index in [9.17, 15) is 19.4 Å². The highest BCUT2D eigenvalue weighted by atomic mass is 32.7. The summed E-state index contributed by atoms with van der Waals surface area (Å²) in [6, 6.07) is 0. The first kappa shape index (κ1) is 31.2. The lowest BCUT2D eigenvalue weighted by atomic mass is 10.1. The van der Waals surface area contributed by atoms with E-state index >= 15 is 4.39 Å². The molecule has 0 spiro atoms. The van der Waals surface area contributed by atoms with Crippen LogP contribution in [0.15, 0.2) is 17.3 Å². The van der Waals surface area contributed by atoms with Crippen LogP contribution in [0.1, 0.15) is 24.3 Å². The highest BCUT2D eigenvalue weighted by molar-refractivity contribution is 8.39. The van der Waals surface area contributed by atoms with Gasteiger partial charge in [-0.3, -0.25) is 14.3 Å². The lowest BCUT2D eigenvalue weighted by Gasteiger charge is -2.25. The van der Waals surface area contributed by atoms with Crippen LogP contribution in [-0.2, 0) is 39.4 Å². The minimum atomic E-state index is -4.30. The molecule has 0 aliphatic carbocycles. The fraction of sp³-hybridized carbons (Fsp3) is 0.526. The molecular weight excluding hydrogens is 671 g/mol. The minimum absolute atomic E-state index is 0.0947. The standard InChI is InChI=1S/C19H22FN11O9P2S2/c20-11-9(3-32)38-17(30-15-12(28-29-30)16(33)27-18(21)26-15)13(11)40-42(35,44)36-4-10-8(39-41(34)43)1-7(37-10)6-2-25-31-14(6)23-5-24-19(31)22/h2,5,7-11,13,17,32H,1,3-4H2,(H6-,21,22,23,24,25,26,27,29,33,34,35,43,44)/p+1/t7-,8+,9-,10-,11+,13-,17-,42?/m1/s1. The van der Waals surface area contributed by atoms with E-state index in [4.69, 9.17) is 46.3 Å². The number of aliphatic hydroxyl groups is 1. The summed E-state index contributed by atoms with van der Waals surface area (Å²) in [6.45, 7) is -5.51. The number of H-pyrrole nitrogens is 1. The Hall–Kier alpha value is -2.82. The molecule has 2 aliphatic heterocycles. The van der Waals surface area contributed by atoms with E-state index < -0.39 is 75.6 Å². The van der Waals surface area contributed by atoms with Crippen LogP contribution in [0.25, 0.3) is 16.8 Å². The second kappa shape index (κ2) is 12.2. The predicted octanol–water partition coefficient (Wildman–Crippen LogP) is -0.534. The van der Waals surface area contributed by atoms with Gasteiger partial charge in [-0.25, -0.2) is 14.4 Å². The number of ether oxygens (including phenoxy) is 2. The Labute approximate surface area is 255 Å². The Bertz CT molecular complexity index is 1830. The highest BCUT2D eigenvalue weighted by Gasteiger charge is 2.51. The number of nitrogens with two attached hydrogens (primary N) is 2. The number of rotatable bonds is 10. The molecule has 25 heteroatoms.